The number of rotatable bonds is 3. The van der Waals surface area contributed by atoms with Crippen LogP contribution in [0.2, 0.25) is 0 Å². The number of anilines is 1. The number of nitrogens with zero attached hydrogens (tertiary/aromatic N) is 1. The largest absolute Gasteiger partial charge is 0.508 e. The molecule has 0 aliphatic heterocycles. The first-order valence-electron chi connectivity index (χ1n) is 4.02. The van der Waals surface area contributed by atoms with Crippen molar-refractivity contribution in [2.24, 2.45) is 5.73 Å². The van der Waals surface area contributed by atoms with E-state index in [-0.39, 0.29) is 5.75 Å². The van der Waals surface area contributed by atoms with E-state index in [0.717, 1.165) is 0 Å². The quantitative estimate of drug-likeness (QED) is 0.601. The molecule has 0 radical (unpaired) electrons. The maximum Gasteiger partial charge on any atom is 0.341 e. The average Bonchev–Trinajstić information content (AvgIpc) is 2.16. The highest BCUT2D eigenvalue weighted by molar-refractivity contribution is 5.77. The Bertz CT molecular complexity index is 323. The normalized spacial score (nSPS) is 12.1. The van der Waals surface area contributed by atoms with Gasteiger partial charge in [0.05, 0.1) is 0 Å². The number of nitrogens with two attached hydrogens (primary N) is 1. The number of aromatic hydroxyl groups is 1. The molecule has 5 heteroatoms. The number of aliphatic carboxylic acids is 1. The summed E-state index contributed by atoms with van der Waals surface area (Å²) in [5.74, 6) is -0.966. The SMILES string of the molecule is CN(c1ccc(O)cc1)C(N)C(=O)O. The van der Waals surface area contributed by atoms with Crippen LogP contribution < -0.4 is 10.6 Å². The third-order valence-corrected chi connectivity index (χ3v) is 1.93. The minimum Gasteiger partial charge on any atom is -0.508 e. The Balaban J connectivity index is 2.84. The topological polar surface area (TPSA) is 86.8 Å². The summed E-state index contributed by atoms with van der Waals surface area (Å²) in [4.78, 5) is 12.0. The zero-order valence-electron chi connectivity index (χ0n) is 7.71. The first-order chi connectivity index (χ1) is 6.52. The number of carbonyl (C=O) groups is 1. The lowest BCUT2D eigenvalue weighted by Crippen LogP contribution is -2.45. The van der Waals surface area contributed by atoms with Gasteiger partial charge in [-0.1, -0.05) is 0 Å². The fourth-order valence-electron chi connectivity index (χ4n) is 1.01. The predicted molar refractivity (Wildman–Crippen MR) is 52.1 cm³/mol. The van der Waals surface area contributed by atoms with Crippen molar-refractivity contribution in [3.05, 3.63) is 24.3 Å². The molecule has 0 aliphatic carbocycles. The molecule has 1 unspecified atom stereocenters. The van der Waals surface area contributed by atoms with Gasteiger partial charge in [-0.25, -0.2) is 4.79 Å². The van der Waals surface area contributed by atoms with Crippen LogP contribution >= 0.6 is 0 Å². The van der Waals surface area contributed by atoms with Gasteiger partial charge < -0.3 is 20.8 Å². The minimum atomic E-state index is -1.10. The summed E-state index contributed by atoms with van der Waals surface area (Å²) in [5.41, 5.74) is 6.03. The maximum absolute atomic E-state index is 10.6. The van der Waals surface area contributed by atoms with Crippen LogP contribution in [0.5, 0.6) is 5.75 Å². The van der Waals surface area contributed by atoms with Gasteiger partial charge >= 0.3 is 5.97 Å². The molecular formula is C9H12N2O3. The van der Waals surface area contributed by atoms with Crippen LogP contribution in [0.25, 0.3) is 0 Å². The first-order valence-corrected chi connectivity index (χ1v) is 4.02. The third kappa shape index (κ3) is 2.14. The molecule has 1 atom stereocenters. The average molecular weight is 196 g/mol. The molecule has 5 nitrogen and oxygen atoms in total. The van der Waals surface area contributed by atoms with Crippen molar-refractivity contribution in [2.75, 3.05) is 11.9 Å². The zero-order chi connectivity index (χ0) is 10.7. The molecular weight excluding hydrogens is 184 g/mol. The summed E-state index contributed by atoms with van der Waals surface area (Å²) in [6.45, 7) is 0. The minimum absolute atomic E-state index is 0.131. The van der Waals surface area contributed by atoms with E-state index in [1.807, 2.05) is 0 Å². The Kier molecular flexibility index (Phi) is 2.93. The van der Waals surface area contributed by atoms with Gasteiger partial charge in [0.25, 0.3) is 0 Å². The molecule has 1 rings (SSSR count). The lowest BCUT2D eigenvalue weighted by atomic mass is 10.2. The van der Waals surface area contributed by atoms with Crippen molar-refractivity contribution in [1.82, 2.24) is 0 Å². The monoisotopic (exact) mass is 196 g/mol. The van der Waals surface area contributed by atoms with Crippen LogP contribution in [0.15, 0.2) is 24.3 Å². The smallest absolute Gasteiger partial charge is 0.341 e. The molecule has 0 heterocycles. The summed E-state index contributed by atoms with van der Waals surface area (Å²) in [6, 6.07) is 6.14. The molecule has 14 heavy (non-hydrogen) atoms. The molecule has 0 spiro atoms. The summed E-state index contributed by atoms with van der Waals surface area (Å²) in [6.07, 6.45) is -1.08. The molecule has 0 bridgehead atoms. The molecule has 1 aromatic carbocycles. The number of carboxylic acid groups (broad SMARTS) is 1. The summed E-state index contributed by atoms with van der Waals surface area (Å²) in [5, 5.41) is 17.7. The van der Waals surface area contributed by atoms with Gasteiger partial charge in [-0.3, -0.25) is 0 Å². The van der Waals surface area contributed by atoms with Gasteiger partial charge in [-0.15, -0.1) is 0 Å². The zero-order valence-corrected chi connectivity index (χ0v) is 7.71. The maximum atomic E-state index is 10.6. The van der Waals surface area contributed by atoms with Crippen LogP contribution in [-0.4, -0.2) is 29.4 Å². The molecule has 0 aromatic heterocycles. The predicted octanol–water partition coefficient (Wildman–Crippen LogP) is 0.198. The molecule has 0 aliphatic rings. The van der Waals surface area contributed by atoms with E-state index < -0.39 is 12.1 Å². The van der Waals surface area contributed by atoms with Crippen LogP contribution in [-0.2, 0) is 4.79 Å². The standard InChI is InChI=1S/C9H12N2O3/c1-11(8(10)9(13)14)6-2-4-7(12)5-3-6/h2-5,8,12H,10H2,1H3,(H,13,14). The van der Waals surface area contributed by atoms with Gasteiger partial charge in [0, 0.05) is 12.7 Å². The number of phenolic OH excluding ortho intramolecular Hbond substituents is 1. The second-order valence-electron chi connectivity index (χ2n) is 2.91. The van der Waals surface area contributed by atoms with E-state index in [9.17, 15) is 4.79 Å². The highest BCUT2D eigenvalue weighted by Gasteiger charge is 2.17. The molecule has 0 amide bonds. The van der Waals surface area contributed by atoms with Gasteiger partial charge in [0.15, 0.2) is 6.17 Å². The van der Waals surface area contributed by atoms with Crippen molar-refractivity contribution >= 4 is 11.7 Å². The Hall–Kier alpha value is -1.75. The second kappa shape index (κ2) is 3.97. The Labute approximate surface area is 81.4 Å². The lowest BCUT2D eigenvalue weighted by molar-refractivity contribution is -0.138. The van der Waals surface area contributed by atoms with E-state index >= 15 is 0 Å². The number of phenols is 1. The number of likely N-dealkylation sites (N-methyl/N-ethyl adjacent to an activating group) is 1. The van der Waals surface area contributed by atoms with Crippen molar-refractivity contribution in [3.63, 3.8) is 0 Å². The highest BCUT2D eigenvalue weighted by Crippen LogP contribution is 2.17. The van der Waals surface area contributed by atoms with E-state index in [2.05, 4.69) is 0 Å². The van der Waals surface area contributed by atoms with Gasteiger partial charge in [0.2, 0.25) is 0 Å². The van der Waals surface area contributed by atoms with E-state index in [1.54, 1.807) is 19.2 Å². The number of benzene rings is 1. The van der Waals surface area contributed by atoms with E-state index in [4.69, 9.17) is 15.9 Å². The first kappa shape index (κ1) is 10.3. The molecule has 0 fully saturated rings. The second-order valence-corrected chi connectivity index (χ2v) is 2.91. The van der Waals surface area contributed by atoms with Crippen molar-refractivity contribution in [2.45, 2.75) is 6.17 Å². The Morgan fingerprint density at radius 3 is 2.36 bits per heavy atom. The molecule has 0 saturated carbocycles. The van der Waals surface area contributed by atoms with Gasteiger partial charge in [-0.05, 0) is 24.3 Å². The molecule has 4 N–H and O–H groups in total. The van der Waals surface area contributed by atoms with Gasteiger partial charge in [0.1, 0.15) is 5.75 Å². The Morgan fingerprint density at radius 1 is 1.43 bits per heavy atom. The summed E-state index contributed by atoms with van der Waals surface area (Å²) in [7, 11) is 1.57. The molecule has 76 valence electrons. The van der Waals surface area contributed by atoms with E-state index in [1.165, 1.54) is 17.0 Å². The number of carboxylic acids is 1. The highest BCUT2D eigenvalue weighted by atomic mass is 16.4. The van der Waals surface area contributed by atoms with Crippen LogP contribution in [0, 0.1) is 0 Å². The van der Waals surface area contributed by atoms with Crippen molar-refractivity contribution < 1.29 is 15.0 Å². The number of hydrogen-bond acceptors (Lipinski definition) is 4. The summed E-state index contributed by atoms with van der Waals surface area (Å²) >= 11 is 0. The van der Waals surface area contributed by atoms with Crippen LogP contribution in [0.4, 0.5) is 5.69 Å². The van der Waals surface area contributed by atoms with Crippen LogP contribution in [0.3, 0.4) is 0 Å². The number of hydrogen-bond donors (Lipinski definition) is 3. The third-order valence-electron chi connectivity index (χ3n) is 1.93. The lowest BCUT2D eigenvalue weighted by Gasteiger charge is -2.23. The fraction of sp³-hybridized carbons (Fsp3) is 0.222. The Morgan fingerprint density at radius 2 is 1.93 bits per heavy atom. The van der Waals surface area contributed by atoms with E-state index in [0.29, 0.717) is 5.69 Å². The fourth-order valence-corrected chi connectivity index (χ4v) is 1.01. The van der Waals surface area contributed by atoms with Crippen molar-refractivity contribution in [3.8, 4) is 5.75 Å². The molecule has 0 saturated heterocycles. The van der Waals surface area contributed by atoms with Crippen LogP contribution in [0.1, 0.15) is 0 Å². The summed E-state index contributed by atoms with van der Waals surface area (Å²) < 4.78 is 0. The molecule has 1 aromatic rings. The van der Waals surface area contributed by atoms with Crippen molar-refractivity contribution in [1.29, 1.82) is 0 Å². The van der Waals surface area contributed by atoms with Gasteiger partial charge in [-0.2, -0.15) is 0 Å².